The summed E-state index contributed by atoms with van der Waals surface area (Å²) >= 11 is 1.52. The molecule has 1 aliphatic heterocycles. The van der Waals surface area contributed by atoms with Crippen LogP contribution in [0, 0.1) is 0 Å². The van der Waals surface area contributed by atoms with Crippen molar-refractivity contribution in [3.05, 3.63) is 89.5 Å². The molecule has 4 aromatic rings. The van der Waals surface area contributed by atoms with Crippen molar-refractivity contribution in [3.8, 4) is 0 Å². The van der Waals surface area contributed by atoms with Gasteiger partial charge < -0.3 is 4.74 Å². The molecule has 1 fully saturated rings. The van der Waals surface area contributed by atoms with E-state index in [9.17, 15) is 13.2 Å². The molecule has 42 heavy (non-hydrogen) atoms. The van der Waals surface area contributed by atoms with E-state index < -0.39 is 10.0 Å². The molecule has 0 aliphatic carbocycles. The molecule has 0 atom stereocenters. The van der Waals surface area contributed by atoms with E-state index in [1.807, 2.05) is 49.4 Å². The van der Waals surface area contributed by atoms with Crippen molar-refractivity contribution in [2.75, 3.05) is 50.8 Å². The first-order valence-corrected chi connectivity index (χ1v) is 16.8. The van der Waals surface area contributed by atoms with Crippen molar-refractivity contribution in [2.45, 2.75) is 38.1 Å². The van der Waals surface area contributed by atoms with E-state index in [1.54, 1.807) is 17.0 Å². The Morgan fingerprint density at radius 3 is 2.40 bits per heavy atom. The van der Waals surface area contributed by atoms with Crippen LogP contribution < -0.4 is 4.90 Å². The number of hydrogen-bond acceptors (Lipinski definition) is 7. The number of aromatic nitrogens is 1. The number of morpholine rings is 1. The molecule has 1 amide bonds. The first-order chi connectivity index (χ1) is 20.4. The van der Waals surface area contributed by atoms with Crippen LogP contribution in [0.25, 0.3) is 10.2 Å². The van der Waals surface area contributed by atoms with Crippen molar-refractivity contribution in [2.24, 2.45) is 0 Å². The Bertz CT molecular complexity index is 1580. The maximum absolute atomic E-state index is 14.0. The average Bonchev–Trinajstić information content (AvgIpc) is 3.47. The van der Waals surface area contributed by atoms with Gasteiger partial charge in [0.2, 0.25) is 10.0 Å². The molecule has 1 aromatic heterocycles. The summed E-state index contributed by atoms with van der Waals surface area (Å²) in [5, 5.41) is 0.662. The molecule has 10 heteroatoms. The number of sulfonamides is 1. The van der Waals surface area contributed by atoms with Crippen molar-refractivity contribution in [3.63, 3.8) is 0 Å². The van der Waals surface area contributed by atoms with Crippen LogP contribution in [0.4, 0.5) is 5.13 Å². The first kappa shape index (κ1) is 30.3. The number of rotatable bonds is 12. The Hall–Kier alpha value is -3.15. The fourth-order valence-corrected chi connectivity index (χ4v) is 7.66. The molecule has 2 heterocycles. The Labute approximate surface area is 252 Å². The molecule has 0 radical (unpaired) electrons. The van der Waals surface area contributed by atoms with Crippen molar-refractivity contribution < 1.29 is 17.9 Å². The number of aryl methyl sites for hydroxylation is 1. The topological polar surface area (TPSA) is 83.0 Å². The maximum Gasteiger partial charge on any atom is 0.260 e. The van der Waals surface area contributed by atoms with Crippen LogP contribution in [0.3, 0.4) is 0 Å². The minimum Gasteiger partial charge on any atom is -0.379 e. The molecule has 0 saturated carbocycles. The Morgan fingerprint density at radius 2 is 1.71 bits per heavy atom. The summed E-state index contributed by atoms with van der Waals surface area (Å²) in [5.41, 5.74) is 3.44. The number of carbonyl (C=O) groups excluding carboxylic acids is 1. The minimum absolute atomic E-state index is 0.170. The van der Waals surface area contributed by atoms with E-state index in [4.69, 9.17) is 9.72 Å². The van der Waals surface area contributed by atoms with E-state index in [2.05, 4.69) is 17.9 Å². The third kappa shape index (κ3) is 6.90. The Morgan fingerprint density at radius 1 is 0.976 bits per heavy atom. The number of anilines is 1. The molecule has 0 bridgehead atoms. The molecule has 1 saturated heterocycles. The van der Waals surface area contributed by atoms with Gasteiger partial charge in [-0.25, -0.2) is 13.4 Å². The highest BCUT2D eigenvalue weighted by Crippen LogP contribution is 2.32. The quantitative estimate of drug-likeness (QED) is 0.214. The SMILES string of the molecule is CCc1cccc2sc(N(CCCN3CCOCC3)C(=O)c3ccc(S(=O)(=O)N(CC)Cc4ccccc4)cc3)nc12. The molecule has 222 valence electrons. The third-order valence-electron chi connectivity index (χ3n) is 7.60. The van der Waals surface area contributed by atoms with Crippen LogP contribution in [0.1, 0.15) is 41.8 Å². The molecule has 8 nitrogen and oxygen atoms in total. The molecule has 1 aliphatic rings. The highest BCUT2D eigenvalue weighted by atomic mass is 32.2. The van der Waals surface area contributed by atoms with Gasteiger partial charge in [-0.05, 0) is 54.3 Å². The number of amides is 1. The highest BCUT2D eigenvalue weighted by molar-refractivity contribution is 7.89. The van der Waals surface area contributed by atoms with E-state index in [1.165, 1.54) is 27.8 Å². The number of hydrogen-bond donors (Lipinski definition) is 0. The zero-order valence-corrected chi connectivity index (χ0v) is 25.9. The predicted octanol–water partition coefficient (Wildman–Crippen LogP) is 5.44. The van der Waals surface area contributed by atoms with Crippen LogP contribution in [0.15, 0.2) is 77.7 Å². The lowest BCUT2D eigenvalue weighted by Gasteiger charge is -2.27. The normalized spacial score (nSPS) is 14.5. The second-order valence-electron chi connectivity index (χ2n) is 10.3. The molecule has 0 N–H and O–H groups in total. The summed E-state index contributed by atoms with van der Waals surface area (Å²) in [6.45, 7) is 9.19. The fourth-order valence-electron chi connectivity index (χ4n) is 5.18. The lowest BCUT2D eigenvalue weighted by Crippen LogP contribution is -2.39. The van der Waals surface area contributed by atoms with Crippen LogP contribution in [-0.4, -0.2) is 74.5 Å². The maximum atomic E-state index is 14.0. The zero-order chi connectivity index (χ0) is 29.5. The standard InChI is InChI=1S/C32H38N4O4S2/c1-3-26-12-8-13-29-30(26)33-32(41-29)36(19-9-18-34-20-22-40-23-21-34)31(37)27-14-16-28(17-15-27)42(38,39)35(4-2)24-25-10-6-5-7-11-25/h5-8,10-17H,3-4,9,18-24H2,1-2H3. The largest absolute Gasteiger partial charge is 0.379 e. The number of nitrogens with zero attached hydrogens (tertiary/aromatic N) is 4. The van der Waals surface area contributed by atoms with Gasteiger partial charge in [0.25, 0.3) is 5.91 Å². The van der Waals surface area contributed by atoms with Crippen LogP contribution >= 0.6 is 11.3 Å². The van der Waals surface area contributed by atoms with Gasteiger partial charge in [-0.1, -0.05) is 67.6 Å². The molecular formula is C32H38N4O4S2. The summed E-state index contributed by atoms with van der Waals surface area (Å²) in [5.74, 6) is -0.185. The molecule has 0 spiro atoms. The van der Waals surface area contributed by atoms with Crippen molar-refractivity contribution in [1.82, 2.24) is 14.2 Å². The number of para-hydroxylation sites is 1. The van der Waals surface area contributed by atoms with Gasteiger partial charge in [0.05, 0.1) is 28.3 Å². The van der Waals surface area contributed by atoms with Gasteiger partial charge in [-0.15, -0.1) is 0 Å². The smallest absolute Gasteiger partial charge is 0.260 e. The molecule has 0 unspecified atom stereocenters. The number of ether oxygens (including phenoxy) is 1. The number of carbonyl (C=O) groups is 1. The highest BCUT2D eigenvalue weighted by Gasteiger charge is 2.26. The molecule has 5 rings (SSSR count). The Balaban J connectivity index is 1.38. The van der Waals surface area contributed by atoms with E-state index in [0.29, 0.717) is 23.8 Å². The molecular weight excluding hydrogens is 569 g/mol. The summed E-state index contributed by atoms with van der Waals surface area (Å²) in [7, 11) is -3.73. The third-order valence-corrected chi connectivity index (χ3v) is 10.6. The number of fused-ring (bicyclic) bond motifs is 1. The van der Waals surface area contributed by atoms with Gasteiger partial charge in [-0.2, -0.15) is 4.31 Å². The lowest BCUT2D eigenvalue weighted by molar-refractivity contribution is 0.0376. The van der Waals surface area contributed by atoms with Crippen molar-refractivity contribution >= 4 is 42.6 Å². The van der Waals surface area contributed by atoms with Crippen LogP contribution in [-0.2, 0) is 27.7 Å². The van der Waals surface area contributed by atoms with E-state index in [0.717, 1.165) is 67.0 Å². The Kier molecular flexibility index (Phi) is 10.0. The average molecular weight is 607 g/mol. The zero-order valence-electron chi connectivity index (χ0n) is 24.2. The lowest BCUT2D eigenvalue weighted by atomic mass is 10.1. The molecule has 3 aromatic carbocycles. The van der Waals surface area contributed by atoms with Crippen LogP contribution in [0.2, 0.25) is 0 Å². The summed E-state index contributed by atoms with van der Waals surface area (Å²) < 4.78 is 34.9. The summed E-state index contributed by atoms with van der Waals surface area (Å²) in [6.07, 6.45) is 1.65. The first-order valence-electron chi connectivity index (χ1n) is 14.5. The van der Waals surface area contributed by atoms with E-state index >= 15 is 0 Å². The van der Waals surface area contributed by atoms with Gasteiger partial charge >= 0.3 is 0 Å². The number of thiazole rings is 1. The summed E-state index contributed by atoms with van der Waals surface area (Å²) in [4.78, 5) is 23.1. The van der Waals surface area contributed by atoms with Gasteiger partial charge in [0, 0.05) is 44.8 Å². The van der Waals surface area contributed by atoms with Crippen molar-refractivity contribution in [1.29, 1.82) is 0 Å². The van der Waals surface area contributed by atoms with E-state index in [-0.39, 0.29) is 17.3 Å². The fraction of sp³-hybridized carbons (Fsp3) is 0.375. The predicted molar refractivity (Wildman–Crippen MR) is 169 cm³/mol. The monoisotopic (exact) mass is 606 g/mol. The van der Waals surface area contributed by atoms with Gasteiger partial charge in [0.15, 0.2) is 5.13 Å². The number of benzene rings is 3. The van der Waals surface area contributed by atoms with Gasteiger partial charge in [0.1, 0.15) is 0 Å². The second kappa shape index (κ2) is 13.9. The minimum atomic E-state index is -3.73. The second-order valence-corrected chi connectivity index (χ2v) is 13.3. The van der Waals surface area contributed by atoms with Gasteiger partial charge in [-0.3, -0.25) is 14.6 Å². The summed E-state index contributed by atoms with van der Waals surface area (Å²) in [6, 6.07) is 22.0. The van der Waals surface area contributed by atoms with Crippen LogP contribution in [0.5, 0.6) is 0 Å².